The summed E-state index contributed by atoms with van der Waals surface area (Å²) in [4.78, 5) is 18.5. The molecule has 0 spiro atoms. The molecule has 2 atom stereocenters. The molecule has 1 saturated heterocycles. The van der Waals surface area contributed by atoms with E-state index in [9.17, 15) is 23.1 Å². The zero-order chi connectivity index (χ0) is 21.7. The summed E-state index contributed by atoms with van der Waals surface area (Å²) in [7, 11) is 0. The maximum absolute atomic E-state index is 12.3. The summed E-state index contributed by atoms with van der Waals surface area (Å²) in [6, 6.07) is 10.2. The summed E-state index contributed by atoms with van der Waals surface area (Å²) in [6.45, 7) is 1.80. The first-order valence-electron chi connectivity index (χ1n) is 9.66. The number of aliphatic hydroxyl groups is 1. The number of rotatable bonds is 7. The number of hydrogen-bond acceptors (Lipinski definition) is 5. The van der Waals surface area contributed by atoms with Crippen LogP contribution in [0.5, 0.6) is 5.75 Å². The first-order chi connectivity index (χ1) is 14.2. The number of β-amino-alcohol motifs (C(OH)–C–C–N with tert-alkyl or cyclic N) is 1. The quantitative estimate of drug-likeness (QED) is 0.716. The average Bonchev–Trinajstić information content (AvgIpc) is 3.13. The Balaban J connectivity index is 1.49. The van der Waals surface area contributed by atoms with Gasteiger partial charge in [0.25, 0.3) is 0 Å². The van der Waals surface area contributed by atoms with Gasteiger partial charge >= 0.3 is 6.18 Å². The molecule has 1 aliphatic rings. The number of amides is 1. The van der Waals surface area contributed by atoms with E-state index in [-0.39, 0.29) is 24.2 Å². The monoisotopic (exact) mass is 423 g/mol. The van der Waals surface area contributed by atoms with Gasteiger partial charge in [-0.3, -0.25) is 9.78 Å². The second-order valence-electron chi connectivity index (χ2n) is 7.34. The van der Waals surface area contributed by atoms with Gasteiger partial charge < -0.3 is 20.1 Å². The summed E-state index contributed by atoms with van der Waals surface area (Å²) in [5.74, 6) is -0.175. The molecule has 162 valence electrons. The summed E-state index contributed by atoms with van der Waals surface area (Å²) < 4.78 is 41.2. The van der Waals surface area contributed by atoms with E-state index >= 15 is 0 Å². The fourth-order valence-electron chi connectivity index (χ4n) is 3.25. The molecule has 2 heterocycles. The highest BCUT2D eigenvalue weighted by molar-refractivity contribution is 5.79. The van der Waals surface area contributed by atoms with Crippen LogP contribution in [-0.2, 0) is 11.2 Å². The number of pyridine rings is 1. The minimum Gasteiger partial charge on any atom is -0.483 e. The van der Waals surface area contributed by atoms with E-state index in [4.69, 9.17) is 0 Å². The normalized spacial score (nSPS) is 17.6. The standard InChI is InChI=1S/C21H24F3N3O3/c1-14(19-7-6-18(11-25-19)30-13-21(22,23)24)26-20(29)10-15-2-4-16(5-3-15)27-9-8-17(28)12-27/h2-7,11,14,17,28H,8-10,12-13H2,1H3,(H,26,29). The Morgan fingerprint density at radius 3 is 2.60 bits per heavy atom. The molecule has 3 rings (SSSR count). The van der Waals surface area contributed by atoms with Crippen LogP contribution in [0.15, 0.2) is 42.6 Å². The van der Waals surface area contributed by atoms with Crippen LogP contribution in [0.1, 0.15) is 30.6 Å². The van der Waals surface area contributed by atoms with Crippen LogP contribution < -0.4 is 15.0 Å². The maximum Gasteiger partial charge on any atom is 0.422 e. The molecule has 6 nitrogen and oxygen atoms in total. The minimum absolute atomic E-state index is 0.0141. The SMILES string of the molecule is CC(NC(=O)Cc1ccc(N2CCC(O)C2)cc1)c1ccc(OCC(F)(F)F)cn1. The summed E-state index contributed by atoms with van der Waals surface area (Å²) in [5, 5.41) is 12.5. The highest BCUT2D eigenvalue weighted by Gasteiger charge is 2.28. The van der Waals surface area contributed by atoms with E-state index in [1.807, 2.05) is 24.3 Å². The molecule has 2 aromatic rings. The zero-order valence-electron chi connectivity index (χ0n) is 16.5. The van der Waals surface area contributed by atoms with Gasteiger partial charge in [0.2, 0.25) is 5.91 Å². The number of carbonyl (C=O) groups is 1. The van der Waals surface area contributed by atoms with Crippen molar-refractivity contribution in [3.8, 4) is 5.75 Å². The molecular formula is C21H24F3N3O3. The average molecular weight is 423 g/mol. The van der Waals surface area contributed by atoms with Crippen molar-refractivity contribution in [2.45, 2.75) is 38.1 Å². The molecule has 1 aromatic heterocycles. The van der Waals surface area contributed by atoms with Gasteiger partial charge in [0.1, 0.15) is 5.75 Å². The number of halogens is 3. The number of alkyl halides is 3. The van der Waals surface area contributed by atoms with Crippen molar-refractivity contribution in [1.29, 1.82) is 0 Å². The van der Waals surface area contributed by atoms with Gasteiger partial charge in [0, 0.05) is 18.8 Å². The summed E-state index contributed by atoms with van der Waals surface area (Å²) in [6.07, 6.45) is -2.55. The maximum atomic E-state index is 12.3. The number of nitrogens with zero attached hydrogens (tertiary/aromatic N) is 2. The van der Waals surface area contributed by atoms with Crippen LogP contribution in [0.4, 0.5) is 18.9 Å². The Morgan fingerprint density at radius 2 is 2.03 bits per heavy atom. The molecule has 1 amide bonds. The van der Waals surface area contributed by atoms with Crippen molar-refractivity contribution < 1.29 is 27.8 Å². The van der Waals surface area contributed by atoms with Gasteiger partial charge in [0.05, 0.1) is 30.5 Å². The molecule has 1 aromatic carbocycles. The fraction of sp³-hybridized carbons (Fsp3) is 0.429. The number of carbonyl (C=O) groups excluding carboxylic acids is 1. The molecule has 0 saturated carbocycles. The zero-order valence-corrected chi connectivity index (χ0v) is 16.5. The molecule has 1 fully saturated rings. The third kappa shape index (κ3) is 6.35. The van der Waals surface area contributed by atoms with Crippen molar-refractivity contribution in [2.24, 2.45) is 0 Å². The number of aliphatic hydroxyl groups excluding tert-OH is 1. The smallest absolute Gasteiger partial charge is 0.422 e. The third-order valence-electron chi connectivity index (χ3n) is 4.81. The first kappa shape index (κ1) is 21.9. The predicted molar refractivity (Wildman–Crippen MR) is 105 cm³/mol. The Kier molecular flexibility index (Phi) is 6.81. The predicted octanol–water partition coefficient (Wildman–Crippen LogP) is 3.01. The van der Waals surface area contributed by atoms with Crippen LogP contribution in [0.3, 0.4) is 0 Å². The van der Waals surface area contributed by atoms with Gasteiger partial charge in [-0.2, -0.15) is 13.2 Å². The Bertz CT molecular complexity index is 841. The van der Waals surface area contributed by atoms with Crippen LogP contribution in [-0.4, -0.2) is 48.0 Å². The van der Waals surface area contributed by atoms with Crippen molar-refractivity contribution in [3.63, 3.8) is 0 Å². The molecule has 30 heavy (non-hydrogen) atoms. The third-order valence-corrected chi connectivity index (χ3v) is 4.81. The van der Waals surface area contributed by atoms with Gasteiger partial charge in [-0.15, -0.1) is 0 Å². The van der Waals surface area contributed by atoms with Crippen molar-refractivity contribution >= 4 is 11.6 Å². The lowest BCUT2D eigenvalue weighted by atomic mass is 10.1. The molecule has 2 N–H and O–H groups in total. The Hall–Kier alpha value is -2.81. The first-order valence-corrected chi connectivity index (χ1v) is 9.66. The van der Waals surface area contributed by atoms with E-state index in [1.165, 1.54) is 18.3 Å². The molecule has 0 radical (unpaired) electrons. The van der Waals surface area contributed by atoms with Crippen molar-refractivity contribution in [3.05, 3.63) is 53.9 Å². The van der Waals surface area contributed by atoms with Crippen LogP contribution in [0.25, 0.3) is 0 Å². The Morgan fingerprint density at radius 1 is 1.30 bits per heavy atom. The summed E-state index contributed by atoms with van der Waals surface area (Å²) >= 11 is 0. The van der Waals surface area contributed by atoms with E-state index in [0.717, 1.165) is 24.2 Å². The van der Waals surface area contributed by atoms with E-state index in [0.29, 0.717) is 12.2 Å². The fourth-order valence-corrected chi connectivity index (χ4v) is 3.25. The van der Waals surface area contributed by atoms with E-state index < -0.39 is 18.8 Å². The lowest BCUT2D eigenvalue weighted by Crippen LogP contribution is -2.28. The molecule has 0 aliphatic carbocycles. The molecule has 1 aliphatic heterocycles. The van der Waals surface area contributed by atoms with Gasteiger partial charge in [-0.1, -0.05) is 12.1 Å². The minimum atomic E-state index is -4.41. The van der Waals surface area contributed by atoms with Crippen LogP contribution in [0.2, 0.25) is 0 Å². The number of aromatic nitrogens is 1. The molecule has 2 unspecified atom stereocenters. The highest BCUT2D eigenvalue weighted by Crippen LogP contribution is 2.22. The van der Waals surface area contributed by atoms with Crippen LogP contribution in [0, 0.1) is 0 Å². The van der Waals surface area contributed by atoms with Gasteiger partial charge in [-0.05, 0) is 43.2 Å². The number of ether oxygens (including phenoxy) is 1. The largest absolute Gasteiger partial charge is 0.483 e. The number of anilines is 1. The second-order valence-corrected chi connectivity index (χ2v) is 7.34. The molecular weight excluding hydrogens is 399 g/mol. The highest BCUT2D eigenvalue weighted by atomic mass is 19.4. The summed E-state index contributed by atoms with van der Waals surface area (Å²) in [5.41, 5.74) is 2.39. The number of nitrogens with one attached hydrogen (secondary N) is 1. The Labute approximate surface area is 172 Å². The van der Waals surface area contributed by atoms with Crippen molar-refractivity contribution in [2.75, 3.05) is 24.6 Å². The van der Waals surface area contributed by atoms with Gasteiger partial charge in [-0.25, -0.2) is 0 Å². The van der Waals surface area contributed by atoms with Crippen molar-refractivity contribution in [1.82, 2.24) is 10.3 Å². The van der Waals surface area contributed by atoms with Gasteiger partial charge in [0.15, 0.2) is 6.61 Å². The number of hydrogen-bond donors (Lipinski definition) is 2. The van der Waals surface area contributed by atoms with E-state index in [1.54, 1.807) is 6.92 Å². The lowest BCUT2D eigenvalue weighted by molar-refractivity contribution is -0.153. The topological polar surface area (TPSA) is 74.7 Å². The second kappa shape index (κ2) is 9.34. The molecule has 0 bridgehead atoms. The number of benzene rings is 1. The lowest BCUT2D eigenvalue weighted by Gasteiger charge is -2.18. The van der Waals surface area contributed by atoms with E-state index in [2.05, 4.69) is 19.9 Å². The molecule has 9 heteroatoms. The van der Waals surface area contributed by atoms with Crippen LogP contribution >= 0.6 is 0 Å².